The molecule has 0 unspecified atom stereocenters. The molecule has 0 aromatic heterocycles. The Bertz CT molecular complexity index is 1030. The molecule has 1 atom stereocenters. The van der Waals surface area contributed by atoms with Gasteiger partial charge in [0, 0.05) is 5.56 Å². The van der Waals surface area contributed by atoms with Crippen LogP contribution in [0.2, 0.25) is 0 Å². The van der Waals surface area contributed by atoms with Crippen LogP contribution in [0, 0.1) is 0 Å². The van der Waals surface area contributed by atoms with Gasteiger partial charge >= 0.3 is 7.82 Å². The highest BCUT2D eigenvalue weighted by atomic mass is 31.2. The number of nitrogens with one attached hydrogen (secondary N) is 1. The molecular weight excluding hydrogens is 393 g/mol. The van der Waals surface area contributed by atoms with Crippen LogP contribution in [0.25, 0.3) is 10.8 Å². The van der Waals surface area contributed by atoms with Gasteiger partial charge in [-0.2, -0.15) is 0 Å². The van der Waals surface area contributed by atoms with E-state index >= 15 is 0 Å². The summed E-state index contributed by atoms with van der Waals surface area (Å²) in [6.07, 6.45) is 0.372. The zero-order chi connectivity index (χ0) is 20.9. The number of ether oxygens (including phenoxy) is 1. The summed E-state index contributed by atoms with van der Waals surface area (Å²) in [5, 5.41) is 4.63. The summed E-state index contributed by atoms with van der Waals surface area (Å²) in [6.45, 7) is -0.310. The van der Waals surface area contributed by atoms with E-state index < -0.39 is 13.9 Å². The van der Waals surface area contributed by atoms with E-state index in [1.54, 1.807) is 19.2 Å². The molecule has 0 aliphatic rings. The van der Waals surface area contributed by atoms with E-state index in [-0.39, 0.29) is 12.5 Å². The zero-order valence-electron chi connectivity index (χ0n) is 15.8. The summed E-state index contributed by atoms with van der Waals surface area (Å²) in [7, 11) is -3.05. The van der Waals surface area contributed by atoms with Crippen molar-refractivity contribution in [2.75, 3.05) is 13.7 Å². The fourth-order valence-electron chi connectivity index (χ4n) is 3.00. The molecule has 3 aromatic rings. The first-order chi connectivity index (χ1) is 13.8. The maximum atomic E-state index is 12.8. The third-order valence-corrected chi connectivity index (χ3v) is 4.90. The Morgan fingerprint density at radius 2 is 1.72 bits per heavy atom. The topological polar surface area (TPSA) is 105 Å². The second-order valence-corrected chi connectivity index (χ2v) is 7.81. The average molecular weight is 415 g/mol. The maximum absolute atomic E-state index is 12.8. The maximum Gasteiger partial charge on any atom is 0.469 e. The molecule has 3 N–H and O–H groups in total. The minimum absolute atomic E-state index is 0.310. The van der Waals surface area contributed by atoms with E-state index in [0.29, 0.717) is 12.0 Å². The second kappa shape index (κ2) is 9.20. The van der Waals surface area contributed by atoms with Crippen LogP contribution >= 0.6 is 7.82 Å². The lowest BCUT2D eigenvalue weighted by Crippen LogP contribution is -2.39. The molecule has 0 spiro atoms. The fourth-order valence-corrected chi connectivity index (χ4v) is 3.37. The van der Waals surface area contributed by atoms with Crippen LogP contribution in [0.4, 0.5) is 0 Å². The van der Waals surface area contributed by atoms with Crippen molar-refractivity contribution in [2.24, 2.45) is 0 Å². The fraction of sp³-hybridized carbons (Fsp3) is 0.190. The van der Waals surface area contributed by atoms with Crippen LogP contribution in [0.3, 0.4) is 0 Å². The van der Waals surface area contributed by atoms with Crippen molar-refractivity contribution < 1.29 is 28.4 Å². The Morgan fingerprint density at radius 3 is 2.41 bits per heavy atom. The van der Waals surface area contributed by atoms with Crippen molar-refractivity contribution in [1.82, 2.24) is 5.32 Å². The molecule has 0 saturated carbocycles. The van der Waals surface area contributed by atoms with Crippen LogP contribution in [-0.2, 0) is 15.5 Å². The van der Waals surface area contributed by atoms with Crippen molar-refractivity contribution in [2.45, 2.75) is 12.5 Å². The van der Waals surface area contributed by atoms with Gasteiger partial charge in [0.2, 0.25) is 0 Å². The second-order valence-electron chi connectivity index (χ2n) is 6.57. The van der Waals surface area contributed by atoms with Crippen molar-refractivity contribution in [3.63, 3.8) is 0 Å². The van der Waals surface area contributed by atoms with E-state index in [9.17, 15) is 9.36 Å². The molecule has 152 valence electrons. The first-order valence-electron chi connectivity index (χ1n) is 8.97. The van der Waals surface area contributed by atoms with Crippen molar-refractivity contribution in [3.8, 4) is 5.75 Å². The lowest BCUT2D eigenvalue weighted by molar-refractivity contribution is 0.0909. The molecule has 1 amide bonds. The van der Waals surface area contributed by atoms with Crippen molar-refractivity contribution in [1.29, 1.82) is 0 Å². The molecule has 7 nitrogen and oxygen atoms in total. The smallest absolute Gasteiger partial charge is 0.469 e. The van der Waals surface area contributed by atoms with Crippen molar-refractivity contribution >= 4 is 24.5 Å². The molecule has 3 rings (SSSR count). The Hall–Kier alpha value is -2.70. The van der Waals surface area contributed by atoms with E-state index in [1.807, 2.05) is 54.6 Å². The quantitative estimate of drug-likeness (QED) is 0.488. The Labute approximate surface area is 168 Å². The predicted molar refractivity (Wildman–Crippen MR) is 110 cm³/mol. The Kier molecular flexibility index (Phi) is 6.67. The largest absolute Gasteiger partial charge is 0.497 e. The highest BCUT2D eigenvalue weighted by Crippen LogP contribution is 2.35. The molecule has 0 radical (unpaired) electrons. The van der Waals surface area contributed by atoms with Crippen LogP contribution < -0.4 is 10.1 Å². The van der Waals surface area contributed by atoms with Gasteiger partial charge in [-0.05, 0) is 47.0 Å². The molecule has 3 aromatic carbocycles. The highest BCUT2D eigenvalue weighted by Gasteiger charge is 2.21. The minimum Gasteiger partial charge on any atom is -0.497 e. The SMILES string of the molecule is COc1ccc2cc(C(=O)N[C@@H](COP(=O)(O)O)Cc3ccccc3)ccc2c1. The average Bonchev–Trinajstić information content (AvgIpc) is 2.71. The minimum atomic E-state index is -4.64. The molecule has 0 aliphatic heterocycles. The van der Waals surface area contributed by atoms with E-state index in [2.05, 4.69) is 9.84 Å². The van der Waals surface area contributed by atoms with Gasteiger partial charge in [-0.1, -0.05) is 42.5 Å². The van der Waals surface area contributed by atoms with E-state index in [4.69, 9.17) is 14.5 Å². The molecule has 0 fully saturated rings. The molecule has 0 aliphatic carbocycles. The Morgan fingerprint density at radius 1 is 1.03 bits per heavy atom. The molecule has 0 heterocycles. The first-order valence-corrected chi connectivity index (χ1v) is 10.5. The van der Waals surface area contributed by atoms with Gasteiger partial charge in [-0.15, -0.1) is 0 Å². The summed E-state index contributed by atoms with van der Waals surface area (Å²) in [6, 6.07) is 19.6. The number of rotatable bonds is 8. The zero-order valence-corrected chi connectivity index (χ0v) is 16.7. The number of benzene rings is 3. The summed E-state index contributed by atoms with van der Waals surface area (Å²) in [5.74, 6) is 0.380. The molecule has 0 bridgehead atoms. The lowest BCUT2D eigenvalue weighted by Gasteiger charge is -2.19. The summed E-state index contributed by atoms with van der Waals surface area (Å²) < 4.78 is 20.9. The van der Waals surface area contributed by atoms with Gasteiger partial charge < -0.3 is 19.8 Å². The van der Waals surface area contributed by atoms with Crippen LogP contribution in [0.5, 0.6) is 5.75 Å². The number of phosphoric ester groups is 1. The number of amides is 1. The number of methoxy groups -OCH3 is 1. The van der Waals surface area contributed by atoms with Gasteiger partial charge in [0.05, 0.1) is 19.8 Å². The standard InChI is InChI=1S/C21H22NO6P/c1-27-20-10-9-16-12-18(8-7-17(16)13-20)21(23)22-19(14-28-29(24,25)26)11-15-5-3-2-4-6-15/h2-10,12-13,19H,11,14H2,1H3,(H,22,23)(H2,24,25,26)/t19-/m1/s1. The summed E-state index contributed by atoms with van der Waals surface area (Å²) >= 11 is 0. The van der Waals surface area contributed by atoms with Crippen molar-refractivity contribution in [3.05, 3.63) is 77.9 Å². The molecular formula is C21H22NO6P. The van der Waals surface area contributed by atoms with Gasteiger partial charge in [0.25, 0.3) is 5.91 Å². The summed E-state index contributed by atoms with van der Waals surface area (Å²) in [4.78, 5) is 30.8. The number of carbonyl (C=O) groups is 1. The summed E-state index contributed by atoms with van der Waals surface area (Å²) in [5.41, 5.74) is 1.36. The third-order valence-electron chi connectivity index (χ3n) is 4.41. The van der Waals surface area contributed by atoms with E-state index in [1.165, 1.54) is 0 Å². The number of carbonyl (C=O) groups excluding carboxylic acids is 1. The van der Waals surface area contributed by atoms with Gasteiger partial charge in [-0.25, -0.2) is 4.57 Å². The predicted octanol–water partition coefficient (Wildman–Crippen LogP) is 3.30. The van der Waals surface area contributed by atoms with Gasteiger partial charge in [-0.3, -0.25) is 9.32 Å². The van der Waals surface area contributed by atoms with Gasteiger partial charge in [0.15, 0.2) is 0 Å². The molecule has 0 saturated heterocycles. The number of fused-ring (bicyclic) bond motifs is 1. The van der Waals surface area contributed by atoms with Gasteiger partial charge in [0.1, 0.15) is 5.75 Å². The number of phosphoric acid groups is 1. The first kappa shape index (κ1) is 21.0. The normalized spacial score (nSPS) is 12.5. The number of hydrogen-bond acceptors (Lipinski definition) is 4. The van der Waals surface area contributed by atoms with Crippen LogP contribution in [0.15, 0.2) is 66.7 Å². The van der Waals surface area contributed by atoms with Crippen LogP contribution in [0.1, 0.15) is 15.9 Å². The molecule has 8 heteroatoms. The monoisotopic (exact) mass is 415 g/mol. The lowest BCUT2D eigenvalue weighted by atomic mass is 10.0. The van der Waals surface area contributed by atoms with E-state index in [0.717, 1.165) is 22.1 Å². The third kappa shape index (κ3) is 6.14. The van der Waals surface area contributed by atoms with Crippen LogP contribution in [-0.4, -0.2) is 35.5 Å². The Balaban J connectivity index is 1.77. The molecule has 29 heavy (non-hydrogen) atoms. The highest BCUT2D eigenvalue weighted by molar-refractivity contribution is 7.46. The number of hydrogen-bond donors (Lipinski definition) is 3.